The molecular formula is C18H19NO2. The zero-order chi connectivity index (χ0) is 14.9. The van der Waals surface area contributed by atoms with E-state index in [4.69, 9.17) is 0 Å². The Bertz CT molecular complexity index is 731. The quantitative estimate of drug-likeness (QED) is 0.772. The first-order valence-electron chi connectivity index (χ1n) is 7.07. The second-order valence-electron chi connectivity index (χ2n) is 5.61. The van der Waals surface area contributed by atoms with Gasteiger partial charge in [0.1, 0.15) is 5.60 Å². The molecule has 1 heterocycles. The lowest BCUT2D eigenvalue weighted by Crippen LogP contribution is -2.40. The molecule has 0 aliphatic carbocycles. The molecule has 0 spiro atoms. The van der Waals surface area contributed by atoms with Crippen LogP contribution < -0.4 is 0 Å². The number of nitrogens with zero attached hydrogens (tertiary/aromatic N) is 1. The molecule has 2 N–H and O–H groups in total. The summed E-state index contributed by atoms with van der Waals surface area (Å²) < 4.78 is 2.03. The average Bonchev–Trinajstić information content (AvgIpc) is 2.92. The van der Waals surface area contributed by atoms with Crippen molar-refractivity contribution in [3.8, 4) is 0 Å². The number of hydrogen-bond acceptors (Lipinski definition) is 2. The molecule has 3 heteroatoms. The SMILES string of the molecule is C[C@@](O)(CO)[C@H](c1ccccc1)n1ccc2ccccc21. The average molecular weight is 281 g/mol. The highest BCUT2D eigenvalue weighted by Crippen LogP contribution is 2.33. The molecule has 0 unspecified atom stereocenters. The van der Waals surface area contributed by atoms with Crippen LogP contribution in [-0.2, 0) is 0 Å². The lowest BCUT2D eigenvalue weighted by Gasteiger charge is -2.33. The molecule has 0 aliphatic rings. The van der Waals surface area contributed by atoms with Gasteiger partial charge in [0.25, 0.3) is 0 Å². The van der Waals surface area contributed by atoms with Gasteiger partial charge in [-0.15, -0.1) is 0 Å². The van der Waals surface area contributed by atoms with Gasteiger partial charge in [0, 0.05) is 11.7 Å². The van der Waals surface area contributed by atoms with Crippen molar-refractivity contribution in [3.63, 3.8) is 0 Å². The van der Waals surface area contributed by atoms with Gasteiger partial charge in [-0.05, 0) is 30.0 Å². The van der Waals surface area contributed by atoms with Crippen LogP contribution in [0.2, 0.25) is 0 Å². The van der Waals surface area contributed by atoms with E-state index in [-0.39, 0.29) is 12.6 Å². The van der Waals surface area contributed by atoms with Gasteiger partial charge in [0.2, 0.25) is 0 Å². The molecule has 3 nitrogen and oxygen atoms in total. The molecule has 0 aliphatic heterocycles. The van der Waals surface area contributed by atoms with E-state index >= 15 is 0 Å². The molecule has 0 bridgehead atoms. The van der Waals surface area contributed by atoms with Crippen LogP contribution in [0, 0.1) is 0 Å². The van der Waals surface area contributed by atoms with Gasteiger partial charge >= 0.3 is 0 Å². The number of aliphatic hydroxyl groups excluding tert-OH is 1. The van der Waals surface area contributed by atoms with Gasteiger partial charge in [0.15, 0.2) is 0 Å². The number of fused-ring (bicyclic) bond motifs is 1. The minimum Gasteiger partial charge on any atom is -0.393 e. The number of benzene rings is 2. The Morgan fingerprint density at radius 3 is 2.38 bits per heavy atom. The standard InChI is InChI=1S/C18H19NO2/c1-18(21,13-20)17(15-8-3-2-4-9-15)19-12-11-14-7-5-6-10-16(14)19/h2-12,17,20-21H,13H2,1H3/t17-,18+/m0/s1. The van der Waals surface area contributed by atoms with Crippen molar-refractivity contribution >= 4 is 10.9 Å². The van der Waals surface area contributed by atoms with Crippen molar-refractivity contribution in [3.05, 3.63) is 72.4 Å². The highest BCUT2D eigenvalue weighted by atomic mass is 16.3. The van der Waals surface area contributed by atoms with Gasteiger partial charge in [-0.25, -0.2) is 0 Å². The van der Waals surface area contributed by atoms with E-state index in [1.807, 2.05) is 71.4 Å². The van der Waals surface area contributed by atoms with Crippen molar-refractivity contribution in [2.45, 2.75) is 18.6 Å². The maximum Gasteiger partial charge on any atom is 0.110 e. The van der Waals surface area contributed by atoms with Gasteiger partial charge in [-0.1, -0.05) is 48.5 Å². The molecule has 1 aromatic heterocycles. The normalized spacial score (nSPS) is 15.8. The summed E-state index contributed by atoms with van der Waals surface area (Å²) in [6.07, 6.45) is 1.96. The van der Waals surface area contributed by atoms with E-state index in [0.29, 0.717) is 0 Å². The largest absolute Gasteiger partial charge is 0.393 e. The van der Waals surface area contributed by atoms with Crippen LogP contribution in [0.5, 0.6) is 0 Å². The summed E-state index contributed by atoms with van der Waals surface area (Å²) in [5, 5.41) is 21.4. The fourth-order valence-electron chi connectivity index (χ4n) is 2.87. The van der Waals surface area contributed by atoms with E-state index < -0.39 is 5.60 Å². The lowest BCUT2D eigenvalue weighted by atomic mass is 9.90. The van der Waals surface area contributed by atoms with Gasteiger partial charge in [0.05, 0.1) is 12.6 Å². The first-order chi connectivity index (χ1) is 10.1. The summed E-state index contributed by atoms with van der Waals surface area (Å²) in [6.45, 7) is 1.36. The predicted octanol–water partition coefficient (Wildman–Crippen LogP) is 2.97. The Balaban J connectivity index is 2.20. The van der Waals surface area contributed by atoms with E-state index in [2.05, 4.69) is 0 Å². The Hall–Kier alpha value is -2.10. The predicted molar refractivity (Wildman–Crippen MR) is 84.2 cm³/mol. The molecule has 21 heavy (non-hydrogen) atoms. The summed E-state index contributed by atoms with van der Waals surface area (Å²) in [7, 11) is 0. The third-order valence-electron chi connectivity index (χ3n) is 3.93. The number of aliphatic hydroxyl groups is 2. The second kappa shape index (κ2) is 5.35. The van der Waals surface area contributed by atoms with Crippen LogP contribution in [0.3, 0.4) is 0 Å². The number of rotatable bonds is 4. The summed E-state index contributed by atoms with van der Waals surface area (Å²) >= 11 is 0. The maximum absolute atomic E-state index is 10.7. The van der Waals surface area contributed by atoms with Crippen LogP contribution in [-0.4, -0.2) is 27.0 Å². The minimum absolute atomic E-state index is 0.306. The van der Waals surface area contributed by atoms with Crippen LogP contribution in [0.15, 0.2) is 66.9 Å². The highest BCUT2D eigenvalue weighted by molar-refractivity contribution is 5.80. The second-order valence-corrected chi connectivity index (χ2v) is 5.61. The molecule has 3 rings (SSSR count). The van der Waals surface area contributed by atoms with E-state index in [1.54, 1.807) is 6.92 Å². The zero-order valence-electron chi connectivity index (χ0n) is 12.0. The Morgan fingerprint density at radius 1 is 1.00 bits per heavy atom. The zero-order valence-corrected chi connectivity index (χ0v) is 12.0. The summed E-state index contributed by atoms with van der Waals surface area (Å²) in [6, 6.07) is 19.5. The lowest BCUT2D eigenvalue weighted by molar-refractivity contribution is -0.0280. The maximum atomic E-state index is 10.7. The molecule has 2 aromatic carbocycles. The molecule has 0 saturated carbocycles. The summed E-state index contributed by atoms with van der Waals surface area (Å²) in [5.41, 5.74) is 0.765. The fraction of sp³-hybridized carbons (Fsp3) is 0.222. The van der Waals surface area contributed by atoms with Crippen molar-refractivity contribution in [2.75, 3.05) is 6.61 Å². The van der Waals surface area contributed by atoms with Crippen molar-refractivity contribution in [2.24, 2.45) is 0 Å². The topological polar surface area (TPSA) is 45.4 Å². The molecule has 2 atom stereocenters. The minimum atomic E-state index is -1.25. The van der Waals surface area contributed by atoms with E-state index in [0.717, 1.165) is 16.5 Å². The molecular weight excluding hydrogens is 262 g/mol. The first-order valence-corrected chi connectivity index (χ1v) is 7.07. The Labute approximate surface area is 124 Å². The first kappa shape index (κ1) is 13.9. The molecule has 0 amide bonds. The van der Waals surface area contributed by atoms with Crippen molar-refractivity contribution < 1.29 is 10.2 Å². The highest BCUT2D eigenvalue weighted by Gasteiger charge is 2.34. The van der Waals surface area contributed by atoms with E-state index in [1.165, 1.54) is 0 Å². The smallest absolute Gasteiger partial charge is 0.110 e. The Kier molecular flexibility index (Phi) is 3.53. The van der Waals surface area contributed by atoms with Crippen LogP contribution in [0.1, 0.15) is 18.5 Å². The number of para-hydroxylation sites is 1. The van der Waals surface area contributed by atoms with Gasteiger partial charge < -0.3 is 14.8 Å². The monoisotopic (exact) mass is 281 g/mol. The molecule has 0 saturated heterocycles. The van der Waals surface area contributed by atoms with Gasteiger partial charge in [-0.2, -0.15) is 0 Å². The summed E-state index contributed by atoms with van der Waals surface area (Å²) in [4.78, 5) is 0. The van der Waals surface area contributed by atoms with E-state index in [9.17, 15) is 10.2 Å². The number of hydrogen-bond donors (Lipinski definition) is 2. The molecule has 3 aromatic rings. The van der Waals surface area contributed by atoms with Crippen LogP contribution >= 0.6 is 0 Å². The Morgan fingerprint density at radius 2 is 1.67 bits per heavy atom. The number of aromatic nitrogens is 1. The summed E-state index contributed by atoms with van der Waals surface area (Å²) in [5.74, 6) is 0. The van der Waals surface area contributed by atoms with Crippen LogP contribution in [0.4, 0.5) is 0 Å². The fourth-order valence-corrected chi connectivity index (χ4v) is 2.87. The van der Waals surface area contributed by atoms with Crippen molar-refractivity contribution in [1.29, 1.82) is 0 Å². The third kappa shape index (κ3) is 2.46. The van der Waals surface area contributed by atoms with Gasteiger partial charge in [-0.3, -0.25) is 0 Å². The molecule has 0 fully saturated rings. The molecule has 108 valence electrons. The molecule has 0 radical (unpaired) electrons. The third-order valence-corrected chi connectivity index (χ3v) is 3.93. The van der Waals surface area contributed by atoms with Crippen molar-refractivity contribution in [1.82, 2.24) is 4.57 Å². The van der Waals surface area contributed by atoms with Crippen LogP contribution in [0.25, 0.3) is 10.9 Å².